The first kappa shape index (κ1) is 75.2. The second-order valence-electron chi connectivity index (χ2n) is 20.2. The molecule has 0 amide bonds. The van der Waals surface area contributed by atoms with Crippen molar-refractivity contribution in [3.8, 4) is 0 Å². The molecular weight excluding hydrogens is 997 g/mol. The van der Waals surface area contributed by atoms with Crippen LogP contribution in [-0.4, -0.2) is 37.2 Å². The van der Waals surface area contributed by atoms with Crippen LogP contribution in [0.15, 0.2) is 194 Å². The van der Waals surface area contributed by atoms with Gasteiger partial charge in [0.15, 0.2) is 6.10 Å². The van der Waals surface area contributed by atoms with E-state index >= 15 is 0 Å². The summed E-state index contributed by atoms with van der Waals surface area (Å²) in [6, 6.07) is 0. The van der Waals surface area contributed by atoms with E-state index in [1.807, 2.05) is 12.2 Å². The molecule has 0 spiro atoms. The zero-order chi connectivity index (χ0) is 58.5. The number of hydrogen-bond donors (Lipinski definition) is 0. The summed E-state index contributed by atoms with van der Waals surface area (Å²) in [6.07, 6.45) is 102. The maximum absolute atomic E-state index is 12.8. The molecule has 0 saturated heterocycles. The van der Waals surface area contributed by atoms with Crippen molar-refractivity contribution in [3.63, 3.8) is 0 Å². The Morgan fingerprint density at radius 2 is 0.506 bits per heavy atom. The molecule has 0 saturated carbocycles. The molecule has 0 N–H and O–H groups in total. The summed E-state index contributed by atoms with van der Waals surface area (Å²) >= 11 is 0. The van der Waals surface area contributed by atoms with Crippen LogP contribution < -0.4 is 0 Å². The normalized spacial score (nSPS) is 13.5. The van der Waals surface area contributed by atoms with Crippen molar-refractivity contribution >= 4 is 17.9 Å². The van der Waals surface area contributed by atoms with E-state index in [1.54, 1.807) is 0 Å². The van der Waals surface area contributed by atoms with E-state index < -0.39 is 12.1 Å². The van der Waals surface area contributed by atoms with Crippen LogP contribution in [0, 0.1) is 0 Å². The molecule has 0 aliphatic heterocycles. The van der Waals surface area contributed by atoms with Crippen molar-refractivity contribution in [1.29, 1.82) is 0 Å². The van der Waals surface area contributed by atoms with E-state index in [4.69, 9.17) is 14.2 Å². The highest BCUT2D eigenvalue weighted by Gasteiger charge is 2.19. The van der Waals surface area contributed by atoms with Gasteiger partial charge in [-0.05, 0) is 148 Å². The lowest BCUT2D eigenvalue weighted by Crippen LogP contribution is -2.30. The van der Waals surface area contributed by atoms with Crippen molar-refractivity contribution in [2.45, 2.75) is 245 Å². The fourth-order valence-corrected chi connectivity index (χ4v) is 7.85. The van der Waals surface area contributed by atoms with Gasteiger partial charge in [-0.15, -0.1) is 0 Å². The summed E-state index contributed by atoms with van der Waals surface area (Å²) < 4.78 is 16.8. The van der Waals surface area contributed by atoms with E-state index in [0.717, 1.165) is 173 Å². The van der Waals surface area contributed by atoms with E-state index in [0.29, 0.717) is 19.3 Å². The predicted octanol–water partition coefficient (Wildman–Crippen LogP) is 22.2. The molecule has 0 fully saturated rings. The van der Waals surface area contributed by atoms with Crippen LogP contribution in [0.25, 0.3) is 0 Å². The Labute approximate surface area is 497 Å². The minimum Gasteiger partial charge on any atom is -0.462 e. The maximum atomic E-state index is 12.8. The number of esters is 3. The first-order valence-electron chi connectivity index (χ1n) is 31.9. The first-order valence-corrected chi connectivity index (χ1v) is 31.9. The Bertz CT molecular complexity index is 1950. The fraction of sp³-hybridized carbons (Fsp3) is 0.533. The number of unbranched alkanes of at least 4 members (excludes halogenated alkanes) is 12. The molecule has 81 heavy (non-hydrogen) atoms. The summed E-state index contributed by atoms with van der Waals surface area (Å²) in [7, 11) is 0. The molecular formula is C75H114O6. The number of rotatable bonds is 55. The Morgan fingerprint density at radius 3 is 0.815 bits per heavy atom. The van der Waals surface area contributed by atoms with E-state index in [2.05, 4.69) is 203 Å². The Balaban J connectivity index is 4.42. The summed E-state index contributed by atoms with van der Waals surface area (Å²) in [4.78, 5) is 38.2. The van der Waals surface area contributed by atoms with Gasteiger partial charge in [0.2, 0.25) is 0 Å². The molecule has 1 unspecified atom stereocenters. The number of carbonyl (C=O) groups excluding carboxylic acids is 3. The molecule has 0 aromatic heterocycles. The largest absolute Gasteiger partial charge is 0.462 e. The van der Waals surface area contributed by atoms with E-state index in [-0.39, 0.29) is 31.6 Å². The van der Waals surface area contributed by atoms with Crippen LogP contribution in [0.4, 0.5) is 0 Å². The minimum absolute atomic E-state index is 0.128. The van der Waals surface area contributed by atoms with Gasteiger partial charge in [-0.1, -0.05) is 267 Å². The topological polar surface area (TPSA) is 78.9 Å². The zero-order valence-corrected chi connectivity index (χ0v) is 51.5. The Hall–Kier alpha value is -5.75. The minimum atomic E-state index is -0.842. The average molecular weight is 1110 g/mol. The van der Waals surface area contributed by atoms with Crippen LogP contribution in [0.1, 0.15) is 239 Å². The molecule has 0 aromatic rings. The van der Waals surface area contributed by atoms with Gasteiger partial charge in [-0.3, -0.25) is 14.4 Å². The quantitative estimate of drug-likeness (QED) is 0.0261. The Kier molecular flexibility index (Phi) is 62.0. The third-order valence-electron chi connectivity index (χ3n) is 12.6. The van der Waals surface area contributed by atoms with E-state index in [9.17, 15) is 14.4 Å². The number of carbonyl (C=O) groups is 3. The summed E-state index contributed by atoms with van der Waals surface area (Å²) in [5.74, 6) is -1.05. The zero-order valence-electron chi connectivity index (χ0n) is 51.5. The smallest absolute Gasteiger partial charge is 0.306 e. The monoisotopic (exact) mass is 1110 g/mol. The summed E-state index contributed by atoms with van der Waals surface area (Å²) in [5.41, 5.74) is 0. The van der Waals surface area contributed by atoms with Crippen LogP contribution in [0.3, 0.4) is 0 Å². The molecule has 0 rings (SSSR count). The maximum Gasteiger partial charge on any atom is 0.306 e. The highest BCUT2D eigenvalue weighted by atomic mass is 16.6. The molecule has 0 bridgehead atoms. The van der Waals surface area contributed by atoms with Gasteiger partial charge in [-0.2, -0.15) is 0 Å². The molecule has 0 radical (unpaired) electrons. The average Bonchev–Trinajstić information content (AvgIpc) is 3.47. The first-order chi connectivity index (χ1) is 40.0. The van der Waals surface area contributed by atoms with Gasteiger partial charge in [0.05, 0.1) is 0 Å². The molecule has 0 aromatic carbocycles. The SMILES string of the molecule is CC/C=C\C/C=C\C/C=C\C/C=C\C/C=C\C/C=C\C/C=C\C/C=C\C/C=C\CCCCCCCC(=O)OCC(COC(=O)CCCCCCC/C=C\CCCC)OC(=O)CC/C=C\C/C=C\C/C=C\C/C=C\C/C=C\C/C=C\CC. The van der Waals surface area contributed by atoms with Crippen LogP contribution >= 0.6 is 0 Å². The van der Waals surface area contributed by atoms with Crippen molar-refractivity contribution in [1.82, 2.24) is 0 Å². The second-order valence-corrected chi connectivity index (χ2v) is 20.2. The van der Waals surface area contributed by atoms with Crippen LogP contribution in [0.2, 0.25) is 0 Å². The van der Waals surface area contributed by atoms with Gasteiger partial charge < -0.3 is 14.2 Å². The van der Waals surface area contributed by atoms with Gasteiger partial charge in [0.25, 0.3) is 0 Å². The predicted molar refractivity (Wildman–Crippen MR) is 352 cm³/mol. The molecule has 6 nitrogen and oxygen atoms in total. The molecule has 0 heterocycles. The molecule has 0 aliphatic carbocycles. The standard InChI is InChI=1S/C75H114O6/c1-4-7-10-13-16-19-22-24-26-28-30-31-32-33-34-35-36-37-38-39-40-41-42-43-45-46-48-50-53-56-59-62-65-68-74(77)80-71-72(70-79-73(76)67-64-61-58-55-52-21-18-15-12-9-6-3)81-75(78)69-66-63-60-57-54-51-49-47-44-29-27-25-23-20-17-14-11-8-5-2/h7-8,10-11,15-20,24-27,30-31,33-34,36-37,39-40,42-44,46-48,51,54,60,63,72H,4-6,9,12-14,21-23,28-29,32,35,38,41,45,49-50,52-53,55-59,61-62,64-71H2,1-3H3/b10-7-,11-8-,18-15-,19-16-,20-17-,26-24-,27-25-,31-30-,34-33-,37-36-,40-39-,43-42-,47-44-,48-46-,54-51-,63-60-. The third kappa shape index (κ3) is 64.9. The molecule has 0 aliphatic rings. The van der Waals surface area contributed by atoms with Crippen molar-refractivity contribution < 1.29 is 28.6 Å². The van der Waals surface area contributed by atoms with E-state index in [1.165, 1.54) is 19.3 Å². The number of ether oxygens (including phenoxy) is 3. The lowest BCUT2D eigenvalue weighted by atomic mass is 10.1. The third-order valence-corrected chi connectivity index (χ3v) is 12.6. The lowest BCUT2D eigenvalue weighted by molar-refractivity contribution is -0.166. The highest BCUT2D eigenvalue weighted by Crippen LogP contribution is 2.12. The lowest BCUT2D eigenvalue weighted by Gasteiger charge is -2.18. The molecule has 6 heteroatoms. The van der Waals surface area contributed by atoms with Gasteiger partial charge >= 0.3 is 17.9 Å². The fourth-order valence-electron chi connectivity index (χ4n) is 7.85. The number of hydrogen-bond acceptors (Lipinski definition) is 6. The summed E-state index contributed by atoms with van der Waals surface area (Å²) in [6.45, 7) is 6.26. The van der Waals surface area contributed by atoms with Gasteiger partial charge in [0, 0.05) is 19.3 Å². The van der Waals surface area contributed by atoms with Crippen molar-refractivity contribution in [2.24, 2.45) is 0 Å². The second kappa shape index (κ2) is 66.8. The number of allylic oxidation sites excluding steroid dienone is 32. The van der Waals surface area contributed by atoms with Crippen molar-refractivity contribution in [2.75, 3.05) is 13.2 Å². The van der Waals surface area contributed by atoms with Crippen molar-refractivity contribution in [3.05, 3.63) is 194 Å². The van der Waals surface area contributed by atoms with Crippen LogP contribution in [0.5, 0.6) is 0 Å². The molecule has 1 atom stereocenters. The van der Waals surface area contributed by atoms with Crippen LogP contribution in [-0.2, 0) is 28.6 Å². The van der Waals surface area contributed by atoms with Gasteiger partial charge in [0.1, 0.15) is 13.2 Å². The Morgan fingerprint density at radius 1 is 0.259 bits per heavy atom. The summed E-state index contributed by atoms with van der Waals surface area (Å²) in [5, 5.41) is 0. The highest BCUT2D eigenvalue weighted by molar-refractivity contribution is 5.71. The van der Waals surface area contributed by atoms with Gasteiger partial charge in [-0.25, -0.2) is 0 Å². The molecule has 450 valence electrons.